The van der Waals surface area contributed by atoms with Crippen LogP contribution in [0.2, 0.25) is 0 Å². The molecule has 2 aromatic heterocycles. The number of hydrogen-bond donors (Lipinski definition) is 4. The molecule has 2 aliphatic rings. The highest BCUT2D eigenvalue weighted by molar-refractivity contribution is 8.06. The van der Waals surface area contributed by atoms with Crippen LogP contribution in [0.1, 0.15) is 17.3 Å². The van der Waals surface area contributed by atoms with Crippen LogP contribution in [0.25, 0.3) is 0 Å². The fourth-order valence-electron chi connectivity index (χ4n) is 3.58. The largest absolute Gasteiger partial charge is 0.477 e. The summed E-state index contributed by atoms with van der Waals surface area (Å²) >= 11 is 5.33. The van der Waals surface area contributed by atoms with E-state index in [1.165, 1.54) is 33.8 Å². The molecule has 4 rings (SSSR count). The van der Waals surface area contributed by atoms with Gasteiger partial charge in [0.2, 0.25) is 6.04 Å². The van der Waals surface area contributed by atoms with E-state index in [2.05, 4.69) is 20.5 Å². The maximum atomic E-state index is 13.0. The molecular weight excluding hydrogens is 547 g/mol. The number of carbonyl (C=O) groups excluding carboxylic acids is 2. The Bertz CT molecular complexity index is 1220. The summed E-state index contributed by atoms with van der Waals surface area (Å²) in [5.41, 5.74) is 12.1. The minimum atomic E-state index is -1.46. The van der Waals surface area contributed by atoms with Crippen LogP contribution in [-0.4, -0.2) is 67.2 Å². The minimum Gasteiger partial charge on any atom is -0.477 e. The lowest BCUT2D eigenvalue weighted by Crippen LogP contribution is -2.70. The van der Waals surface area contributed by atoms with Gasteiger partial charge in [-0.1, -0.05) is 11.8 Å². The van der Waals surface area contributed by atoms with Gasteiger partial charge in [0.05, 0.1) is 5.69 Å². The molecular formula is C20H21N7O5S4. The Morgan fingerprint density at radius 1 is 1.42 bits per heavy atom. The highest BCUT2D eigenvalue weighted by atomic mass is 32.2. The number of thiazole rings is 1. The number of nitrogens with zero attached hydrogens (tertiary/aromatic N) is 4. The Labute approximate surface area is 222 Å². The van der Waals surface area contributed by atoms with Crippen molar-refractivity contribution >= 4 is 69.5 Å². The van der Waals surface area contributed by atoms with E-state index in [1.807, 2.05) is 6.07 Å². The number of amides is 2. The number of nitrogen functional groups attached to an aromatic ring is 1. The van der Waals surface area contributed by atoms with Crippen LogP contribution in [0.4, 0.5) is 5.13 Å². The average molecular weight is 568 g/mol. The summed E-state index contributed by atoms with van der Waals surface area (Å²) in [6, 6.07) is -0.644. The lowest BCUT2D eigenvalue weighted by atomic mass is 10.0. The van der Waals surface area contributed by atoms with Gasteiger partial charge in [0, 0.05) is 51.4 Å². The minimum absolute atomic E-state index is 0.0903. The molecule has 0 aromatic carbocycles. The molecule has 4 heterocycles. The van der Waals surface area contributed by atoms with E-state index in [0.717, 1.165) is 27.5 Å². The van der Waals surface area contributed by atoms with Crippen LogP contribution in [-0.2, 0) is 20.1 Å². The van der Waals surface area contributed by atoms with Gasteiger partial charge in [-0.15, -0.1) is 28.0 Å². The van der Waals surface area contributed by atoms with Crippen molar-refractivity contribution in [2.75, 3.05) is 23.8 Å². The number of fused-ring (bicyclic) bond motifs is 1. The van der Waals surface area contributed by atoms with Crippen LogP contribution < -0.4 is 16.8 Å². The number of carboxylic acid groups (broad SMARTS) is 1. The van der Waals surface area contributed by atoms with E-state index in [9.17, 15) is 24.4 Å². The summed E-state index contributed by atoms with van der Waals surface area (Å²) in [6.45, 7) is 0.552. The average Bonchev–Trinajstić information content (AvgIpc) is 3.29. The van der Waals surface area contributed by atoms with E-state index in [0.29, 0.717) is 23.0 Å². The number of carboxylic acids is 1. The number of carbonyl (C=O) groups is 3. The SMILES string of the molecule is NCCSCc1cnccc1SC1=C(C(=O)O)N2C(=O)C(NC(=O)C(N=O)c3csc(N)n3)C2SC1. The number of β-lactam (4-membered cyclic amide) rings is 1. The first-order valence-corrected chi connectivity index (χ1v) is 14.4. The number of aromatic nitrogens is 2. The predicted molar refractivity (Wildman–Crippen MR) is 140 cm³/mol. The molecule has 3 unspecified atom stereocenters. The van der Waals surface area contributed by atoms with Gasteiger partial charge in [-0.05, 0) is 16.8 Å². The Kier molecular flexibility index (Phi) is 8.50. The summed E-state index contributed by atoms with van der Waals surface area (Å²) in [4.78, 5) is 59.7. The van der Waals surface area contributed by atoms with Gasteiger partial charge in [0.25, 0.3) is 11.8 Å². The molecule has 0 radical (unpaired) electrons. The molecule has 3 atom stereocenters. The van der Waals surface area contributed by atoms with Crippen LogP contribution in [0.3, 0.4) is 0 Å². The topological polar surface area (TPSA) is 194 Å². The number of nitrogens with one attached hydrogen (secondary N) is 1. The van der Waals surface area contributed by atoms with Gasteiger partial charge >= 0.3 is 5.97 Å². The van der Waals surface area contributed by atoms with Crippen LogP contribution >= 0.6 is 46.6 Å². The van der Waals surface area contributed by atoms with Crippen molar-refractivity contribution in [2.24, 2.45) is 10.9 Å². The predicted octanol–water partition coefficient (Wildman–Crippen LogP) is 1.61. The second-order valence-corrected chi connectivity index (χ2v) is 11.8. The summed E-state index contributed by atoms with van der Waals surface area (Å²) in [6.07, 6.45) is 3.37. The molecule has 190 valence electrons. The first-order chi connectivity index (χ1) is 17.3. The van der Waals surface area contributed by atoms with Crippen molar-refractivity contribution in [3.05, 3.63) is 50.6 Å². The van der Waals surface area contributed by atoms with Gasteiger partial charge in [-0.3, -0.25) is 19.5 Å². The summed E-state index contributed by atoms with van der Waals surface area (Å²) in [5.74, 6) is -0.835. The molecule has 0 spiro atoms. The van der Waals surface area contributed by atoms with Crippen LogP contribution in [0, 0.1) is 4.91 Å². The van der Waals surface area contributed by atoms with E-state index >= 15 is 0 Å². The molecule has 0 saturated carbocycles. The smallest absolute Gasteiger partial charge is 0.353 e. The molecule has 1 fully saturated rings. The molecule has 1 saturated heterocycles. The molecule has 2 aromatic rings. The maximum Gasteiger partial charge on any atom is 0.353 e. The van der Waals surface area contributed by atoms with Crippen molar-refractivity contribution in [1.82, 2.24) is 20.2 Å². The van der Waals surface area contributed by atoms with Crippen LogP contribution in [0.5, 0.6) is 0 Å². The molecule has 6 N–H and O–H groups in total. The van der Waals surface area contributed by atoms with Gasteiger partial charge in [0.1, 0.15) is 17.1 Å². The van der Waals surface area contributed by atoms with Gasteiger partial charge < -0.3 is 21.9 Å². The summed E-state index contributed by atoms with van der Waals surface area (Å²) < 4.78 is 0. The lowest BCUT2D eigenvalue weighted by molar-refractivity contribution is -0.150. The fraction of sp³-hybridized carbons (Fsp3) is 0.350. The van der Waals surface area contributed by atoms with Crippen molar-refractivity contribution in [3.63, 3.8) is 0 Å². The number of anilines is 1. The zero-order valence-corrected chi connectivity index (χ0v) is 21.8. The number of thioether (sulfide) groups is 3. The Morgan fingerprint density at radius 2 is 2.22 bits per heavy atom. The van der Waals surface area contributed by atoms with Gasteiger partial charge in [0.15, 0.2) is 5.13 Å². The standard InChI is InChI=1S/C20H21N7O5S4/c21-2-4-33-6-9-5-23-3-1-11(9)36-12-8-34-18-14(17(29)27(18)15(12)19(30)31)25-16(28)13(26-32)10-7-35-20(22)24-10/h1,3,5,7,13-14,18H,2,4,6,8,21H2,(H2,22,24)(H,25,28)(H,30,31). The number of hydrogen-bond acceptors (Lipinski definition) is 13. The highest BCUT2D eigenvalue weighted by Gasteiger charge is 2.54. The van der Waals surface area contributed by atoms with E-state index in [4.69, 9.17) is 11.5 Å². The van der Waals surface area contributed by atoms with Crippen molar-refractivity contribution < 1.29 is 19.5 Å². The molecule has 0 bridgehead atoms. The second-order valence-electron chi connectivity index (χ2n) is 7.52. The Balaban J connectivity index is 1.51. The quantitative estimate of drug-likeness (QED) is 0.174. The van der Waals surface area contributed by atoms with Gasteiger partial charge in [-0.25, -0.2) is 9.78 Å². The Hall–Kier alpha value is -2.66. The third-order valence-corrected chi connectivity index (χ3v) is 9.62. The first kappa shape index (κ1) is 26.4. The zero-order valence-electron chi connectivity index (χ0n) is 18.5. The lowest BCUT2D eigenvalue weighted by Gasteiger charge is -2.49. The van der Waals surface area contributed by atoms with Gasteiger partial charge in [-0.2, -0.15) is 11.8 Å². The molecule has 2 amide bonds. The fourth-order valence-corrected chi connectivity index (χ4v) is 7.58. The van der Waals surface area contributed by atoms with Crippen molar-refractivity contribution in [3.8, 4) is 0 Å². The zero-order chi connectivity index (χ0) is 25.8. The number of nitroso groups, excluding NO2 is 1. The molecule has 36 heavy (non-hydrogen) atoms. The van der Waals surface area contributed by atoms with E-state index in [-0.39, 0.29) is 16.5 Å². The summed E-state index contributed by atoms with van der Waals surface area (Å²) in [7, 11) is 0. The third kappa shape index (κ3) is 5.36. The molecule has 16 heteroatoms. The summed E-state index contributed by atoms with van der Waals surface area (Å²) in [5, 5.41) is 16.3. The van der Waals surface area contributed by atoms with Crippen molar-refractivity contribution in [1.29, 1.82) is 0 Å². The Morgan fingerprint density at radius 3 is 2.89 bits per heavy atom. The molecule has 2 aliphatic heterocycles. The first-order valence-electron chi connectivity index (χ1n) is 10.5. The highest BCUT2D eigenvalue weighted by Crippen LogP contribution is 2.46. The molecule has 12 nitrogen and oxygen atoms in total. The number of rotatable bonds is 11. The normalized spacial score (nSPS) is 19.9. The maximum absolute atomic E-state index is 13.0. The van der Waals surface area contributed by atoms with E-state index in [1.54, 1.807) is 24.2 Å². The number of pyridine rings is 1. The number of nitrogens with two attached hydrogens (primary N) is 2. The second kappa shape index (κ2) is 11.6. The van der Waals surface area contributed by atoms with Crippen LogP contribution in [0.15, 0.2) is 44.5 Å². The van der Waals surface area contributed by atoms with Crippen molar-refractivity contribution in [2.45, 2.75) is 28.1 Å². The molecule has 0 aliphatic carbocycles. The third-order valence-electron chi connectivity index (χ3n) is 5.22. The number of aliphatic carboxylic acids is 1. The van der Waals surface area contributed by atoms with E-state index < -0.39 is 35.2 Å². The monoisotopic (exact) mass is 567 g/mol.